The van der Waals surface area contributed by atoms with Crippen LogP contribution in [0.5, 0.6) is 0 Å². The Kier molecular flexibility index (Phi) is 5.56. The van der Waals surface area contributed by atoms with Crippen LogP contribution in [0, 0.1) is 13.8 Å². The fourth-order valence-electron chi connectivity index (χ4n) is 2.37. The number of aryl methyl sites for hydroxylation is 2. The number of hydrogen-bond acceptors (Lipinski definition) is 5. The summed E-state index contributed by atoms with van der Waals surface area (Å²) in [6, 6.07) is 7.91. The normalized spacial score (nSPS) is 12.0. The van der Waals surface area contributed by atoms with Crippen LogP contribution < -0.4 is 4.72 Å². The van der Waals surface area contributed by atoms with Crippen molar-refractivity contribution in [2.45, 2.75) is 38.8 Å². The summed E-state index contributed by atoms with van der Waals surface area (Å²) in [5.74, 6) is 0.299. The minimum absolute atomic E-state index is 0.124. The van der Waals surface area contributed by atoms with Crippen LogP contribution in [-0.4, -0.2) is 32.1 Å². The summed E-state index contributed by atoms with van der Waals surface area (Å²) in [7, 11) is -1.59. The van der Waals surface area contributed by atoms with Gasteiger partial charge in [-0.05, 0) is 38.6 Å². The van der Waals surface area contributed by atoms with Gasteiger partial charge in [0.05, 0.1) is 0 Å². The molecule has 0 radical (unpaired) electrons. The maximum atomic E-state index is 12.4. The molecule has 0 saturated heterocycles. The van der Waals surface area contributed by atoms with Gasteiger partial charge in [0.25, 0.3) is 0 Å². The molecule has 1 aromatic carbocycles. The zero-order valence-electron chi connectivity index (χ0n) is 14.0. The average molecular weight is 337 g/mol. The lowest BCUT2D eigenvalue weighted by atomic mass is 10.1. The Morgan fingerprint density at radius 1 is 1.26 bits per heavy atom. The van der Waals surface area contributed by atoms with Gasteiger partial charge in [-0.2, -0.15) is 0 Å². The number of nitrogens with zero attached hydrogens (tertiary/aromatic N) is 2. The molecule has 2 rings (SSSR count). The molecule has 0 saturated carbocycles. The van der Waals surface area contributed by atoms with E-state index >= 15 is 0 Å². The van der Waals surface area contributed by atoms with E-state index in [4.69, 9.17) is 4.52 Å². The Bertz CT molecular complexity index is 749. The van der Waals surface area contributed by atoms with Crippen LogP contribution in [0.1, 0.15) is 29.5 Å². The molecule has 6 nitrogen and oxygen atoms in total. The standard InChI is InChI=1S/C16H23N3O3S/c1-5-19(4)11-15-8-6-7-14(9-15)10-17-23(20,21)16-12(2)18-22-13(16)3/h6-9,17H,5,10-11H2,1-4H3. The minimum Gasteiger partial charge on any atom is -0.360 e. The number of benzene rings is 1. The monoisotopic (exact) mass is 337 g/mol. The first-order valence-corrected chi connectivity index (χ1v) is 9.00. The molecule has 0 aliphatic heterocycles. The van der Waals surface area contributed by atoms with Crippen LogP contribution in [0.15, 0.2) is 33.7 Å². The molecule has 1 aromatic heterocycles. The van der Waals surface area contributed by atoms with Gasteiger partial charge < -0.3 is 9.42 Å². The molecular formula is C16H23N3O3S. The topological polar surface area (TPSA) is 75.4 Å². The van der Waals surface area contributed by atoms with Crippen LogP contribution in [0.2, 0.25) is 0 Å². The molecule has 126 valence electrons. The molecule has 0 amide bonds. The van der Waals surface area contributed by atoms with Crippen molar-refractivity contribution < 1.29 is 12.9 Å². The molecule has 7 heteroatoms. The highest BCUT2D eigenvalue weighted by Gasteiger charge is 2.23. The zero-order valence-corrected chi connectivity index (χ0v) is 14.8. The number of sulfonamides is 1. The van der Waals surface area contributed by atoms with Crippen molar-refractivity contribution >= 4 is 10.0 Å². The maximum absolute atomic E-state index is 12.4. The number of hydrogen-bond donors (Lipinski definition) is 1. The van der Waals surface area contributed by atoms with Crippen LogP contribution in [0.4, 0.5) is 0 Å². The van der Waals surface area contributed by atoms with Crippen LogP contribution in [-0.2, 0) is 23.1 Å². The van der Waals surface area contributed by atoms with Crippen molar-refractivity contribution in [3.8, 4) is 0 Å². The number of aromatic nitrogens is 1. The first-order chi connectivity index (χ1) is 10.8. The lowest BCUT2D eigenvalue weighted by Gasteiger charge is -2.14. The van der Waals surface area contributed by atoms with Crippen LogP contribution >= 0.6 is 0 Å². The molecule has 0 bridgehead atoms. The summed E-state index contributed by atoms with van der Waals surface area (Å²) in [4.78, 5) is 2.31. The molecule has 23 heavy (non-hydrogen) atoms. The van der Waals surface area contributed by atoms with E-state index in [1.807, 2.05) is 31.3 Å². The Morgan fingerprint density at radius 2 is 1.96 bits per heavy atom. The molecule has 0 aliphatic rings. The first kappa shape index (κ1) is 17.7. The van der Waals surface area contributed by atoms with Gasteiger partial charge in [-0.1, -0.05) is 36.3 Å². The Morgan fingerprint density at radius 3 is 2.57 bits per heavy atom. The highest BCUT2D eigenvalue weighted by Crippen LogP contribution is 2.19. The van der Waals surface area contributed by atoms with E-state index in [1.165, 1.54) is 0 Å². The SMILES string of the molecule is CCN(C)Cc1cccc(CNS(=O)(=O)c2c(C)noc2C)c1. The van der Waals surface area contributed by atoms with Crippen molar-refractivity contribution in [1.29, 1.82) is 0 Å². The highest BCUT2D eigenvalue weighted by atomic mass is 32.2. The van der Waals surface area contributed by atoms with E-state index in [0.29, 0.717) is 11.5 Å². The van der Waals surface area contributed by atoms with Gasteiger partial charge >= 0.3 is 0 Å². The third-order valence-electron chi connectivity index (χ3n) is 3.69. The van der Waals surface area contributed by atoms with E-state index in [1.54, 1.807) is 13.8 Å². The summed E-state index contributed by atoms with van der Waals surface area (Å²) in [5, 5.41) is 3.69. The van der Waals surface area contributed by atoms with Gasteiger partial charge in [0.2, 0.25) is 10.0 Å². The summed E-state index contributed by atoms with van der Waals surface area (Å²) in [6.45, 7) is 7.34. The fourth-order valence-corrected chi connectivity index (χ4v) is 3.71. The molecule has 0 unspecified atom stereocenters. The summed E-state index contributed by atoms with van der Waals surface area (Å²) >= 11 is 0. The van der Waals surface area contributed by atoms with E-state index in [9.17, 15) is 8.42 Å². The molecule has 1 heterocycles. The van der Waals surface area contributed by atoms with Crippen molar-refractivity contribution in [3.63, 3.8) is 0 Å². The van der Waals surface area contributed by atoms with Gasteiger partial charge in [0.15, 0.2) is 5.76 Å². The zero-order chi connectivity index (χ0) is 17.0. The Hall–Kier alpha value is -1.70. The first-order valence-electron chi connectivity index (χ1n) is 7.52. The largest absolute Gasteiger partial charge is 0.360 e. The minimum atomic E-state index is -3.63. The van der Waals surface area contributed by atoms with Crippen LogP contribution in [0.25, 0.3) is 0 Å². The Balaban J connectivity index is 2.10. The predicted molar refractivity (Wildman–Crippen MR) is 88.5 cm³/mol. The second kappa shape index (κ2) is 7.25. The van der Waals surface area contributed by atoms with E-state index < -0.39 is 10.0 Å². The molecule has 2 aromatic rings. The summed E-state index contributed by atoms with van der Waals surface area (Å²) < 4.78 is 32.3. The van der Waals surface area contributed by atoms with E-state index in [2.05, 4.69) is 21.7 Å². The smallest absolute Gasteiger partial charge is 0.246 e. The molecule has 1 N–H and O–H groups in total. The lowest BCUT2D eigenvalue weighted by Crippen LogP contribution is -2.24. The number of rotatable bonds is 7. The average Bonchev–Trinajstić information content (AvgIpc) is 2.85. The van der Waals surface area contributed by atoms with E-state index in [0.717, 1.165) is 24.2 Å². The quantitative estimate of drug-likeness (QED) is 0.838. The van der Waals surface area contributed by atoms with E-state index in [-0.39, 0.29) is 11.4 Å². The van der Waals surface area contributed by atoms with Gasteiger partial charge in [-0.25, -0.2) is 13.1 Å². The maximum Gasteiger partial charge on any atom is 0.246 e. The molecule has 0 atom stereocenters. The third kappa shape index (κ3) is 4.40. The predicted octanol–water partition coefficient (Wildman–Crippen LogP) is 2.22. The van der Waals surface area contributed by atoms with Crippen molar-refractivity contribution in [3.05, 3.63) is 46.8 Å². The molecule has 0 fully saturated rings. The molecule has 0 spiro atoms. The van der Waals surface area contributed by atoms with Crippen molar-refractivity contribution in [2.24, 2.45) is 0 Å². The summed E-state index contributed by atoms with van der Waals surface area (Å²) in [5.41, 5.74) is 2.44. The van der Waals surface area contributed by atoms with Gasteiger partial charge in [-0.3, -0.25) is 0 Å². The fraction of sp³-hybridized carbons (Fsp3) is 0.438. The lowest BCUT2D eigenvalue weighted by molar-refractivity contribution is 0.345. The van der Waals surface area contributed by atoms with Crippen LogP contribution in [0.3, 0.4) is 0 Å². The van der Waals surface area contributed by atoms with Gasteiger partial charge in [0, 0.05) is 13.1 Å². The highest BCUT2D eigenvalue weighted by molar-refractivity contribution is 7.89. The second-order valence-electron chi connectivity index (χ2n) is 5.63. The molecular weight excluding hydrogens is 314 g/mol. The number of nitrogens with one attached hydrogen (secondary N) is 1. The van der Waals surface area contributed by atoms with Crippen molar-refractivity contribution in [1.82, 2.24) is 14.8 Å². The summed E-state index contributed by atoms with van der Waals surface area (Å²) in [6.07, 6.45) is 0. The molecule has 0 aliphatic carbocycles. The van der Waals surface area contributed by atoms with Crippen molar-refractivity contribution in [2.75, 3.05) is 13.6 Å². The second-order valence-corrected chi connectivity index (χ2v) is 7.33. The third-order valence-corrected chi connectivity index (χ3v) is 5.33. The van der Waals surface area contributed by atoms with Gasteiger partial charge in [-0.15, -0.1) is 0 Å². The Labute approximate surface area is 137 Å². The van der Waals surface area contributed by atoms with Gasteiger partial charge in [0.1, 0.15) is 10.6 Å².